The molecule has 0 atom stereocenters. The lowest BCUT2D eigenvalue weighted by molar-refractivity contribution is -0.136. The highest BCUT2D eigenvalue weighted by atomic mass is 32.2. The zero-order chi connectivity index (χ0) is 18.1. The van der Waals surface area contributed by atoms with Crippen LogP contribution in [0.15, 0.2) is 18.2 Å². The lowest BCUT2D eigenvalue weighted by Gasteiger charge is -2.18. The van der Waals surface area contributed by atoms with E-state index in [1.165, 1.54) is 6.07 Å². The number of benzene rings is 1. The second-order valence-corrected chi connectivity index (χ2v) is 14.0. The van der Waals surface area contributed by atoms with Crippen LogP contribution in [0.1, 0.15) is 22.8 Å². The average Bonchev–Trinajstić information content (AvgIpc) is 2.34. The van der Waals surface area contributed by atoms with E-state index in [-0.39, 0.29) is 11.3 Å². The molecule has 0 aromatic heterocycles. The summed E-state index contributed by atoms with van der Waals surface area (Å²) in [6, 6.07) is 3.26. The standard InChI is InChI=1S/C14H20F3NO3SSi/c1-10(19)11-5-6-13(12(9-11)14(15,16)17)18-22(20,21)7-8-23(2,3)4/h5-6,9,18H,7-8H2,1-4H3. The van der Waals surface area contributed by atoms with Gasteiger partial charge in [0.25, 0.3) is 0 Å². The van der Waals surface area contributed by atoms with Crippen molar-refractivity contribution in [2.75, 3.05) is 10.5 Å². The number of alkyl halides is 3. The molecule has 1 aromatic rings. The van der Waals surface area contributed by atoms with Gasteiger partial charge in [-0.25, -0.2) is 8.42 Å². The van der Waals surface area contributed by atoms with Crippen LogP contribution in [0.5, 0.6) is 0 Å². The molecule has 0 bridgehead atoms. The third kappa shape index (κ3) is 6.34. The summed E-state index contributed by atoms with van der Waals surface area (Å²) in [4.78, 5) is 11.2. The minimum absolute atomic E-state index is 0.123. The van der Waals surface area contributed by atoms with E-state index in [4.69, 9.17) is 0 Å². The van der Waals surface area contributed by atoms with Gasteiger partial charge in [0.1, 0.15) is 0 Å². The summed E-state index contributed by atoms with van der Waals surface area (Å²) in [5.74, 6) is -0.752. The first-order valence-corrected chi connectivity index (χ1v) is 12.3. The first kappa shape index (κ1) is 19.7. The highest BCUT2D eigenvalue weighted by molar-refractivity contribution is 7.92. The topological polar surface area (TPSA) is 63.2 Å². The molecule has 0 spiro atoms. The molecule has 0 amide bonds. The van der Waals surface area contributed by atoms with Crippen LogP contribution in [-0.4, -0.2) is 28.0 Å². The van der Waals surface area contributed by atoms with Crippen LogP contribution in [0.2, 0.25) is 25.7 Å². The monoisotopic (exact) mass is 367 g/mol. The highest BCUT2D eigenvalue weighted by Crippen LogP contribution is 2.36. The average molecular weight is 367 g/mol. The summed E-state index contributed by atoms with van der Waals surface area (Å²) >= 11 is 0. The summed E-state index contributed by atoms with van der Waals surface area (Å²) in [7, 11) is -5.53. The van der Waals surface area contributed by atoms with Crippen LogP contribution in [0.25, 0.3) is 0 Å². The van der Waals surface area contributed by atoms with E-state index in [1.807, 2.05) is 24.4 Å². The van der Waals surface area contributed by atoms with Crippen LogP contribution >= 0.6 is 0 Å². The van der Waals surface area contributed by atoms with Gasteiger partial charge in [0.05, 0.1) is 17.0 Å². The normalized spacial score (nSPS) is 13.0. The maximum absolute atomic E-state index is 13.1. The molecule has 0 aliphatic carbocycles. The van der Waals surface area contributed by atoms with Crippen molar-refractivity contribution < 1.29 is 26.4 Å². The fourth-order valence-corrected chi connectivity index (χ4v) is 5.89. The second kappa shape index (κ2) is 6.64. The zero-order valence-corrected chi connectivity index (χ0v) is 15.2. The summed E-state index contributed by atoms with van der Waals surface area (Å²) in [6.45, 7) is 7.08. The molecule has 23 heavy (non-hydrogen) atoms. The lowest BCUT2D eigenvalue weighted by atomic mass is 10.1. The van der Waals surface area contributed by atoms with E-state index in [0.717, 1.165) is 13.0 Å². The van der Waals surface area contributed by atoms with Crippen molar-refractivity contribution in [3.8, 4) is 0 Å². The van der Waals surface area contributed by atoms with Gasteiger partial charge < -0.3 is 0 Å². The number of halogens is 3. The van der Waals surface area contributed by atoms with Crippen molar-refractivity contribution in [1.82, 2.24) is 0 Å². The maximum Gasteiger partial charge on any atom is 0.418 e. The van der Waals surface area contributed by atoms with Gasteiger partial charge in [0.2, 0.25) is 10.0 Å². The summed E-state index contributed by atoms with van der Waals surface area (Å²) in [5, 5.41) is 0. The molecular formula is C14H20F3NO3SSi. The van der Waals surface area contributed by atoms with Gasteiger partial charge in [-0.15, -0.1) is 0 Å². The molecule has 130 valence electrons. The Bertz CT molecular complexity index is 694. The molecule has 0 heterocycles. The van der Waals surface area contributed by atoms with Crippen molar-refractivity contribution in [2.45, 2.75) is 38.8 Å². The number of sulfonamides is 1. The minimum atomic E-state index is -4.76. The Balaban J connectivity index is 3.15. The Labute approximate surface area is 135 Å². The number of ketones is 1. The van der Waals surface area contributed by atoms with Crippen LogP contribution in [0.3, 0.4) is 0 Å². The lowest BCUT2D eigenvalue weighted by Crippen LogP contribution is -2.27. The van der Waals surface area contributed by atoms with E-state index in [0.29, 0.717) is 12.1 Å². The van der Waals surface area contributed by atoms with Crippen molar-refractivity contribution in [2.24, 2.45) is 0 Å². The number of carbonyl (C=O) groups is 1. The molecular weight excluding hydrogens is 347 g/mol. The summed E-state index contributed by atoms with van der Waals surface area (Å²) in [5.41, 5.74) is -1.85. The molecule has 0 unspecified atom stereocenters. The number of Topliss-reactive ketones (excluding diaryl/α,β-unsaturated/α-hetero) is 1. The van der Waals surface area contributed by atoms with E-state index in [2.05, 4.69) is 0 Å². The molecule has 1 rings (SSSR count). The van der Waals surface area contributed by atoms with Gasteiger partial charge in [0.15, 0.2) is 5.78 Å². The number of anilines is 1. The Kier molecular flexibility index (Phi) is 5.68. The molecule has 0 saturated carbocycles. The van der Waals surface area contributed by atoms with E-state index < -0.39 is 41.3 Å². The van der Waals surface area contributed by atoms with E-state index in [1.54, 1.807) is 0 Å². The molecule has 0 fully saturated rings. The smallest absolute Gasteiger partial charge is 0.295 e. The number of hydrogen-bond donors (Lipinski definition) is 1. The van der Waals surface area contributed by atoms with Gasteiger partial charge in [-0.2, -0.15) is 13.2 Å². The van der Waals surface area contributed by atoms with Gasteiger partial charge in [-0.3, -0.25) is 9.52 Å². The predicted octanol–water partition coefficient (Wildman–Crippen LogP) is 3.99. The van der Waals surface area contributed by atoms with Gasteiger partial charge in [-0.05, 0) is 31.2 Å². The Morgan fingerprint density at radius 1 is 1.22 bits per heavy atom. The van der Waals surface area contributed by atoms with E-state index in [9.17, 15) is 26.4 Å². The maximum atomic E-state index is 13.1. The molecule has 0 saturated heterocycles. The van der Waals surface area contributed by atoms with Crippen LogP contribution in [-0.2, 0) is 16.2 Å². The Morgan fingerprint density at radius 3 is 2.22 bits per heavy atom. The summed E-state index contributed by atoms with van der Waals surface area (Å²) in [6.07, 6.45) is -4.76. The predicted molar refractivity (Wildman–Crippen MR) is 87.0 cm³/mol. The molecule has 9 heteroatoms. The van der Waals surface area contributed by atoms with Crippen LogP contribution < -0.4 is 4.72 Å². The number of carbonyl (C=O) groups excluding carboxylic acids is 1. The van der Waals surface area contributed by atoms with Gasteiger partial charge >= 0.3 is 6.18 Å². The first-order chi connectivity index (χ1) is 10.2. The van der Waals surface area contributed by atoms with E-state index >= 15 is 0 Å². The van der Waals surface area contributed by atoms with Crippen LogP contribution in [0.4, 0.5) is 18.9 Å². The molecule has 4 nitrogen and oxygen atoms in total. The van der Waals surface area contributed by atoms with Crippen molar-refractivity contribution in [3.05, 3.63) is 29.3 Å². The SMILES string of the molecule is CC(=O)c1ccc(NS(=O)(=O)CC[Si](C)(C)C)c(C(F)(F)F)c1. The largest absolute Gasteiger partial charge is 0.418 e. The van der Waals surface area contributed by atoms with Gasteiger partial charge in [0, 0.05) is 13.6 Å². The highest BCUT2D eigenvalue weighted by Gasteiger charge is 2.35. The van der Waals surface area contributed by atoms with Crippen molar-refractivity contribution in [3.63, 3.8) is 0 Å². The van der Waals surface area contributed by atoms with Crippen molar-refractivity contribution >= 4 is 29.6 Å². The molecule has 1 N–H and O–H groups in total. The zero-order valence-electron chi connectivity index (χ0n) is 13.4. The fraction of sp³-hybridized carbons (Fsp3) is 0.500. The minimum Gasteiger partial charge on any atom is -0.295 e. The first-order valence-electron chi connectivity index (χ1n) is 6.94. The van der Waals surface area contributed by atoms with Crippen molar-refractivity contribution in [1.29, 1.82) is 0 Å². The molecule has 0 aliphatic rings. The molecule has 0 radical (unpaired) electrons. The Hall–Kier alpha value is -1.35. The molecule has 1 aromatic carbocycles. The van der Waals surface area contributed by atoms with Crippen LogP contribution in [0, 0.1) is 0 Å². The fourth-order valence-electron chi connectivity index (χ4n) is 1.75. The summed E-state index contributed by atoms with van der Waals surface area (Å²) < 4.78 is 65.3. The number of rotatable bonds is 6. The number of hydrogen-bond acceptors (Lipinski definition) is 3. The Morgan fingerprint density at radius 2 is 1.78 bits per heavy atom. The third-order valence-electron chi connectivity index (χ3n) is 3.12. The van der Waals surface area contributed by atoms with Gasteiger partial charge in [-0.1, -0.05) is 19.6 Å². The quantitative estimate of drug-likeness (QED) is 0.611. The number of nitrogens with one attached hydrogen (secondary N) is 1. The third-order valence-corrected chi connectivity index (χ3v) is 6.50. The molecule has 0 aliphatic heterocycles. The second-order valence-electron chi connectivity index (χ2n) is 6.55.